The third-order valence-corrected chi connectivity index (χ3v) is 5.02. The summed E-state index contributed by atoms with van der Waals surface area (Å²) >= 11 is 3.01. The summed E-state index contributed by atoms with van der Waals surface area (Å²) in [6.07, 6.45) is 1.89. The van der Waals surface area contributed by atoms with Crippen LogP contribution in [0.2, 0.25) is 0 Å². The maximum atomic E-state index is 12.2. The van der Waals surface area contributed by atoms with E-state index >= 15 is 0 Å². The van der Waals surface area contributed by atoms with Crippen LogP contribution in [0.4, 0.5) is 0 Å². The minimum Gasteiger partial charge on any atom is -0.388 e. The van der Waals surface area contributed by atoms with Crippen molar-refractivity contribution in [3.8, 4) is 0 Å². The molecule has 2 rings (SSSR count). The van der Waals surface area contributed by atoms with Crippen molar-refractivity contribution in [3.63, 3.8) is 0 Å². The van der Waals surface area contributed by atoms with Crippen LogP contribution in [0.15, 0.2) is 46.7 Å². The highest BCUT2D eigenvalue weighted by molar-refractivity contribution is 7.98. The lowest BCUT2D eigenvalue weighted by Crippen LogP contribution is -2.33. The Labute approximate surface area is 133 Å². The van der Waals surface area contributed by atoms with E-state index in [0.29, 0.717) is 6.42 Å². The van der Waals surface area contributed by atoms with Crippen molar-refractivity contribution in [1.29, 1.82) is 0 Å². The first-order valence-corrected chi connectivity index (χ1v) is 8.87. The van der Waals surface area contributed by atoms with Gasteiger partial charge in [-0.2, -0.15) is 0 Å². The van der Waals surface area contributed by atoms with Gasteiger partial charge in [0.1, 0.15) is 4.88 Å². The number of amides is 1. The van der Waals surface area contributed by atoms with Crippen LogP contribution in [-0.2, 0) is 0 Å². The summed E-state index contributed by atoms with van der Waals surface area (Å²) in [5.74, 6) is -0.0675. The average molecular weight is 321 g/mol. The maximum Gasteiger partial charge on any atom is 0.262 e. The SMILES string of the molecule is CSc1ccsc1C(=O)NC(C)CC(O)c1ccccc1. The highest BCUT2D eigenvalue weighted by Crippen LogP contribution is 2.26. The lowest BCUT2D eigenvalue weighted by atomic mass is 10.0. The van der Waals surface area contributed by atoms with Gasteiger partial charge in [0.05, 0.1) is 6.10 Å². The number of aliphatic hydroxyl groups excluding tert-OH is 1. The number of thioether (sulfide) groups is 1. The van der Waals surface area contributed by atoms with Crippen LogP contribution >= 0.6 is 23.1 Å². The topological polar surface area (TPSA) is 49.3 Å². The number of aliphatic hydroxyl groups is 1. The molecular weight excluding hydrogens is 302 g/mol. The van der Waals surface area contributed by atoms with E-state index in [1.165, 1.54) is 11.3 Å². The van der Waals surface area contributed by atoms with Crippen LogP contribution in [0.3, 0.4) is 0 Å². The fraction of sp³-hybridized carbons (Fsp3) is 0.312. The van der Waals surface area contributed by atoms with Gasteiger partial charge in [0.15, 0.2) is 0 Å². The van der Waals surface area contributed by atoms with E-state index in [0.717, 1.165) is 15.3 Å². The van der Waals surface area contributed by atoms with Crippen molar-refractivity contribution in [2.75, 3.05) is 6.26 Å². The zero-order chi connectivity index (χ0) is 15.2. The molecule has 0 aliphatic carbocycles. The number of thiophene rings is 1. The van der Waals surface area contributed by atoms with E-state index in [1.54, 1.807) is 11.8 Å². The molecule has 2 unspecified atom stereocenters. The Bertz CT molecular complexity index is 583. The molecule has 21 heavy (non-hydrogen) atoms. The second kappa shape index (κ2) is 7.64. The Kier molecular flexibility index (Phi) is 5.85. The Morgan fingerprint density at radius 2 is 2.05 bits per heavy atom. The number of benzene rings is 1. The second-order valence-corrected chi connectivity index (χ2v) is 6.62. The van der Waals surface area contributed by atoms with E-state index in [2.05, 4.69) is 5.32 Å². The third kappa shape index (κ3) is 4.33. The Morgan fingerprint density at radius 3 is 2.71 bits per heavy atom. The summed E-state index contributed by atoms with van der Waals surface area (Å²) in [4.78, 5) is 14.0. The van der Waals surface area contributed by atoms with Crippen molar-refractivity contribution < 1.29 is 9.90 Å². The average Bonchev–Trinajstić information content (AvgIpc) is 2.96. The van der Waals surface area contributed by atoms with Gasteiger partial charge in [-0.05, 0) is 36.6 Å². The molecule has 0 fully saturated rings. The van der Waals surface area contributed by atoms with Gasteiger partial charge in [-0.3, -0.25) is 4.79 Å². The molecule has 1 aromatic heterocycles. The predicted octanol–water partition coefficient (Wildman–Crippen LogP) is 3.71. The van der Waals surface area contributed by atoms with Crippen LogP contribution in [0.5, 0.6) is 0 Å². The van der Waals surface area contributed by atoms with Gasteiger partial charge in [0, 0.05) is 10.9 Å². The first-order chi connectivity index (χ1) is 10.1. The fourth-order valence-electron chi connectivity index (χ4n) is 2.12. The van der Waals surface area contributed by atoms with Gasteiger partial charge in [-0.1, -0.05) is 30.3 Å². The zero-order valence-electron chi connectivity index (χ0n) is 12.1. The molecule has 2 N–H and O–H groups in total. The summed E-state index contributed by atoms with van der Waals surface area (Å²) in [7, 11) is 0. The number of hydrogen-bond donors (Lipinski definition) is 2. The van der Waals surface area contributed by atoms with Crippen LogP contribution < -0.4 is 5.32 Å². The molecular formula is C16H19NO2S2. The highest BCUT2D eigenvalue weighted by atomic mass is 32.2. The fourth-order valence-corrected chi connectivity index (χ4v) is 3.77. The number of hydrogen-bond acceptors (Lipinski definition) is 4. The van der Waals surface area contributed by atoms with Gasteiger partial charge in [-0.15, -0.1) is 23.1 Å². The largest absolute Gasteiger partial charge is 0.388 e. The Balaban J connectivity index is 1.93. The maximum absolute atomic E-state index is 12.2. The molecule has 0 saturated carbocycles. The molecule has 2 aromatic rings. The minimum absolute atomic E-state index is 0.0675. The molecule has 1 aromatic carbocycles. The summed E-state index contributed by atoms with van der Waals surface area (Å²) in [5, 5.41) is 15.1. The van der Waals surface area contributed by atoms with Gasteiger partial charge in [-0.25, -0.2) is 0 Å². The molecule has 0 aliphatic heterocycles. The van der Waals surface area contributed by atoms with E-state index in [-0.39, 0.29) is 11.9 Å². The minimum atomic E-state index is -0.565. The first kappa shape index (κ1) is 16.1. The van der Waals surface area contributed by atoms with Crippen molar-refractivity contribution in [1.82, 2.24) is 5.32 Å². The number of carbonyl (C=O) groups excluding carboxylic acids is 1. The number of carbonyl (C=O) groups is 1. The molecule has 112 valence electrons. The predicted molar refractivity (Wildman–Crippen MR) is 89.0 cm³/mol. The van der Waals surface area contributed by atoms with E-state index in [9.17, 15) is 9.90 Å². The van der Waals surface area contributed by atoms with Gasteiger partial charge in [0.25, 0.3) is 5.91 Å². The molecule has 5 heteroatoms. The number of rotatable bonds is 6. The van der Waals surface area contributed by atoms with Crippen LogP contribution in [-0.4, -0.2) is 23.3 Å². The lowest BCUT2D eigenvalue weighted by Gasteiger charge is -2.18. The summed E-state index contributed by atoms with van der Waals surface area (Å²) < 4.78 is 0. The monoisotopic (exact) mass is 321 g/mol. The molecule has 3 nitrogen and oxygen atoms in total. The zero-order valence-corrected chi connectivity index (χ0v) is 13.7. The standard InChI is InChI=1S/C16H19NO2S2/c1-11(10-13(18)12-6-4-3-5-7-12)17-16(19)15-14(20-2)8-9-21-15/h3-9,11,13,18H,10H2,1-2H3,(H,17,19). The summed E-state index contributed by atoms with van der Waals surface area (Å²) in [5.41, 5.74) is 0.875. The summed E-state index contributed by atoms with van der Waals surface area (Å²) in [6.45, 7) is 1.91. The van der Waals surface area contributed by atoms with E-state index < -0.39 is 6.10 Å². The highest BCUT2D eigenvalue weighted by Gasteiger charge is 2.17. The molecule has 0 radical (unpaired) electrons. The Morgan fingerprint density at radius 1 is 1.33 bits per heavy atom. The molecule has 0 aliphatic rings. The van der Waals surface area contributed by atoms with Crippen LogP contribution in [0.25, 0.3) is 0 Å². The van der Waals surface area contributed by atoms with Gasteiger partial charge >= 0.3 is 0 Å². The van der Waals surface area contributed by atoms with Crippen molar-refractivity contribution in [3.05, 3.63) is 52.2 Å². The Hall–Kier alpha value is -1.30. The van der Waals surface area contributed by atoms with Gasteiger partial charge in [0.2, 0.25) is 0 Å². The molecule has 1 amide bonds. The third-order valence-electron chi connectivity index (χ3n) is 3.19. The smallest absolute Gasteiger partial charge is 0.262 e. The van der Waals surface area contributed by atoms with Gasteiger partial charge < -0.3 is 10.4 Å². The molecule has 2 atom stereocenters. The molecule has 0 spiro atoms. The van der Waals surface area contributed by atoms with Crippen LogP contribution in [0, 0.1) is 0 Å². The van der Waals surface area contributed by atoms with Crippen LogP contribution in [0.1, 0.15) is 34.7 Å². The van der Waals surface area contributed by atoms with E-state index in [4.69, 9.17) is 0 Å². The normalized spacial score (nSPS) is 13.7. The molecule has 0 saturated heterocycles. The van der Waals surface area contributed by atoms with E-state index in [1.807, 2.05) is 55.0 Å². The molecule has 0 bridgehead atoms. The summed E-state index contributed by atoms with van der Waals surface area (Å²) in [6, 6.07) is 11.4. The number of nitrogens with one attached hydrogen (secondary N) is 1. The van der Waals surface area contributed by atoms with Crippen molar-refractivity contribution >= 4 is 29.0 Å². The first-order valence-electron chi connectivity index (χ1n) is 6.77. The molecule has 1 heterocycles. The van der Waals surface area contributed by atoms with Crippen molar-refractivity contribution in [2.24, 2.45) is 0 Å². The van der Waals surface area contributed by atoms with Crippen molar-refractivity contribution in [2.45, 2.75) is 30.4 Å². The lowest BCUT2D eigenvalue weighted by molar-refractivity contribution is 0.0918. The second-order valence-electron chi connectivity index (χ2n) is 4.85. The quantitative estimate of drug-likeness (QED) is 0.797.